The zero-order valence-corrected chi connectivity index (χ0v) is 6.85. The molecule has 0 aromatic heterocycles. The van der Waals surface area contributed by atoms with E-state index in [2.05, 4.69) is 24.1 Å². The van der Waals surface area contributed by atoms with Gasteiger partial charge >= 0.3 is 0 Å². The number of hydrogen-bond donors (Lipinski definition) is 1. The van der Waals surface area contributed by atoms with Crippen LogP contribution in [0.4, 0.5) is 0 Å². The van der Waals surface area contributed by atoms with Crippen molar-refractivity contribution in [2.75, 3.05) is 26.2 Å². The first-order chi connectivity index (χ1) is 4.72. The minimum atomic E-state index is 0. The smallest absolute Gasteiger partial charge is 0.0207 e. The Morgan fingerprint density at radius 1 is 1.27 bits per heavy atom. The normalized spacial score (nSPS) is 27.5. The standard InChI is InChI=1S/C8H16N2.CH4/c1-7(2)10-5-8(6-10)3-9-4-8;/h7,9H,3-6H2,1-2H3;1H4. The van der Waals surface area contributed by atoms with Gasteiger partial charge in [-0.25, -0.2) is 0 Å². The van der Waals surface area contributed by atoms with E-state index in [-0.39, 0.29) is 7.43 Å². The summed E-state index contributed by atoms with van der Waals surface area (Å²) in [6.45, 7) is 9.74. The minimum Gasteiger partial charge on any atom is -0.315 e. The fraction of sp³-hybridized carbons (Fsp3) is 1.00. The summed E-state index contributed by atoms with van der Waals surface area (Å²) in [5, 5.41) is 3.34. The highest BCUT2D eigenvalue weighted by Crippen LogP contribution is 2.34. The number of hydrogen-bond acceptors (Lipinski definition) is 2. The van der Waals surface area contributed by atoms with Gasteiger partial charge in [0, 0.05) is 37.6 Å². The van der Waals surface area contributed by atoms with Crippen molar-refractivity contribution < 1.29 is 0 Å². The molecule has 0 radical (unpaired) electrons. The van der Waals surface area contributed by atoms with Crippen LogP contribution in [0.5, 0.6) is 0 Å². The fourth-order valence-corrected chi connectivity index (χ4v) is 1.88. The summed E-state index contributed by atoms with van der Waals surface area (Å²) in [5.74, 6) is 0. The van der Waals surface area contributed by atoms with Gasteiger partial charge in [-0.15, -0.1) is 0 Å². The number of nitrogens with zero attached hydrogens (tertiary/aromatic N) is 1. The SMILES string of the molecule is C.CC(C)N1CC2(CNC2)C1. The molecule has 0 unspecified atom stereocenters. The maximum Gasteiger partial charge on any atom is 0.0207 e. The van der Waals surface area contributed by atoms with Crippen LogP contribution >= 0.6 is 0 Å². The lowest BCUT2D eigenvalue weighted by Gasteiger charge is -2.57. The van der Waals surface area contributed by atoms with Gasteiger partial charge in [-0.1, -0.05) is 7.43 Å². The second kappa shape index (κ2) is 2.76. The van der Waals surface area contributed by atoms with E-state index in [1.54, 1.807) is 0 Å². The molecular weight excluding hydrogens is 136 g/mol. The topological polar surface area (TPSA) is 15.3 Å². The second-order valence-corrected chi connectivity index (χ2v) is 4.10. The summed E-state index contributed by atoms with van der Waals surface area (Å²) in [7, 11) is 0. The predicted molar refractivity (Wildman–Crippen MR) is 48.7 cm³/mol. The van der Waals surface area contributed by atoms with Crippen LogP contribution in [0, 0.1) is 5.41 Å². The molecule has 2 nitrogen and oxygen atoms in total. The minimum absolute atomic E-state index is 0. The lowest BCUT2D eigenvalue weighted by Crippen LogP contribution is -2.72. The molecular formula is C9H20N2. The average Bonchev–Trinajstić information content (AvgIpc) is 1.54. The first-order valence-corrected chi connectivity index (χ1v) is 4.17. The van der Waals surface area contributed by atoms with Crippen molar-refractivity contribution in [2.45, 2.75) is 27.3 Å². The van der Waals surface area contributed by atoms with E-state index >= 15 is 0 Å². The van der Waals surface area contributed by atoms with Crippen LogP contribution in [0.2, 0.25) is 0 Å². The quantitative estimate of drug-likeness (QED) is 0.608. The highest BCUT2D eigenvalue weighted by Gasteiger charge is 2.47. The number of likely N-dealkylation sites (tertiary alicyclic amines) is 1. The molecule has 11 heavy (non-hydrogen) atoms. The van der Waals surface area contributed by atoms with Crippen molar-refractivity contribution in [3.63, 3.8) is 0 Å². The summed E-state index contributed by atoms with van der Waals surface area (Å²) in [4.78, 5) is 2.54. The molecule has 2 fully saturated rings. The molecule has 0 aromatic carbocycles. The molecule has 2 rings (SSSR count). The molecule has 2 heterocycles. The van der Waals surface area contributed by atoms with Gasteiger partial charge < -0.3 is 5.32 Å². The maximum absolute atomic E-state index is 3.34. The van der Waals surface area contributed by atoms with Gasteiger partial charge in [-0.3, -0.25) is 4.90 Å². The van der Waals surface area contributed by atoms with Crippen molar-refractivity contribution in [3.8, 4) is 0 Å². The molecule has 2 heteroatoms. The molecule has 0 saturated carbocycles. The van der Waals surface area contributed by atoms with Gasteiger partial charge in [0.15, 0.2) is 0 Å². The molecule has 66 valence electrons. The lowest BCUT2D eigenvalue weighted by atomic mass is 9.74. The molecule has 2 aliphatic rings. The third kappa shape index (κ3) is 1.30. The number of rotatable bonds is 1. The molecule has 0 aromatic rings. The molecule has 0 bridgehead atoms. The van der Waals surface area contributed by atoms with Gasteiger partial charge in [0.05, 0.1) is 0 Å². The van der Waals surface area contributed by atoms with Crippen molar-refractivity contribution >= 4 is 0 Å². The Morgan fingerprint density at radius 3 is 2.09 bits per heavy atom. The first kappa shape index (κ1) is 9.01. The predicted octanol–water partition coefficient (Wildman–Crippen LogP) is 0.936. The largest absolute Gasteiger partial charge is 0.315 e. The maximum atomic E-state index is 3.34. The van der Waals surface area contributed by atoms with Crippen molar-refractivity contribution in [1.29, 1.82) is 0 Å². The van der Waals surface area contributed by atoms with Crippen LogP contribution in [-0.4, -0.2) is 37.1 Å². The van der Waals surface area contributed by atoms with Crippen LogP contribution in [0.25, 0.3) is 0 Å². The van der Waals surface area contributed by atoms with E-state index in [1.807, 2.05) is 0 Å². The first-order valence-electron chi connectivity index (χ1n) is 4.17. The van der Waals surface area contributed by atoms with Gasteiger partial charge in [0.1, 0.15) is 0 Å². The van der Waals surface area contributed by atoms with Gasteiger partial charge in [0.25, 0.3) is 0 Å². The van der Waals surface area contributed by atoms with Crippen LogP contribution in [-0.2, 0) is 0 Å². The van der Waals surface area contributed by atoms with Crippen LogP contribution < -0.4 is 5.32 Å². The molecule has 0 aliphatic carbocycles. The Balaban J connectivity index is 0.000000605. The summed E-state index contributed by atoms with van der Waals surface area (Å²) in [6.07, 6.45) is 0. The van der Waals surface area contributed by atoms with E-state index in [4.69, 9.17) is 0 Å². The average molecular weight is 156 g/mol. The summed E-state index contributed by atoms with van der Waals surface area (Å²) in [6, 6.07) is 0.756. The second-order valence-electron chi connectivity index (χ2n) is 4.10. The molecule has 1 spiro atoms. The Hall–Kier alpha value is -0.0800. The van der Waals surface area contributed by atoms with E-state index in [1.165, 1.54) is 26.2 Å². The van der Waals surface area contributed by atoms with Crippen LogP contribution in [0.1, 0.15) is 21.3 Å². The Labute approximate surface area is 70.0 Å². The number of nitrogens with one attached hydrogen (secondary N) is 1. The van der Waals surface area contributed by atoms with E-state index in [0.29, 0.717) is 5.41 Å². The van der Waals surface area contributed by atoms with Crippen molar-refractivity contribution in [1.82, 2.24) is 10.2 Å². The van der Waals surface area contributed by atoms with E-state index in [9.17, 15) is 0 Å². The molecule has 0 atom stereocenters. The lowest BCUT2D eigenvalue weighted by molar-refractivity contribution is -0.0569. The van der Waals surface area contributed by atoms with Gasteiger partial charge in [0.2, 0.25) is 0 Å². The zero-order valence-electron chi connectivity index (χ0n) is 6.85. The van der Waals surface area contributed by atoms with Crippen LogP contribution in [0.15, 0.2) is 0 Å². The molecule has 1 N–H and O–H groups in total. The van der Waals surface area contributed by atoms with Gasteiger partial charge in [-0.05, 0) is 13.8 Å². The van der Waals surface area contributed by atoms with Gasteiger partial charge in [-0.2, -0.15) is 0 Å². The third-order valence-corrected chi connectivity index (χ3v) is 2.81. The van der Waals surface area contributed by atoms with E-state index in [0.717, 1.165) is 6.04 Å². The Bertz CT molecular complexity index is 130. The Morgan fingerprint density at radius 2 is 1.82 bits per heavy atom. The molecule has 2 saturated heterocycles. The monoisotopic (exact) mass is 156 g/mol. The third-order valence-electron chi connectivity index (χ3n) is 2.81. The molecule has 2 aliphatic heterocycles. The summed E-state index contributed by atoms with van der Waals surface area (Å²) >= 11 is 0. The summed E-state index contributed by atoms with van der Waals surface area (Å²) < 4.78 is 0. The Kier molecular flexibility index (Phi) is 2.26. The highest BCUT2D eigenvalue weighted by atomic mass is 15.3. The van der Waals surface area contributed by atoms with Crippen LogP contribution in [0.3, 0.4) is 0 Å². The van der Waals surface area contributed by atoms with Crippen molar-refractivity contribution in [3.05, 3.63) is 0 Å². The molecule has 0 amide bonds. The van der Waals surface area contributed by atoms with Crippen molar-refractivity contribution in [2.24, 2.45) is 5.41 Å². The summed E-state index contributed by atoms with van der Waals surface area (Å²) in [5.41, 5.74) is 0.713. The fourth-order valence-electron chi connectivity index (χ4n) is 1.88. The van der Waals surface area contributed by atoms with E-state index < -0.39 is 0 Å². The highest BCUT2D eigenvalue weighted by molar-refractivity contribution is 5.04. The zero-order chi connectivity index (χ0) is 7.19.